The van der Waals surface area contributed by atoms with Crippen LogP contribution in [0.5, 0.6) is 5.75 Å². The normalized spacial score (nSPS) is 11.9. The van der Waals surface area contributed by atoms with E-state index in [0.29, 0.717) is 4.47 Å². The summed E-state index contributed by atoms with van der Waals surface area (Å²) in [5.41, 5.74) is 7.08. The lowest BCUT2D eigenvalue weighted by molar-refractivity contribution is 0.471. The second kappa shape index (κ2) is 5.68. The molecule has 0 aliphatic rings. The fraction of sp³-hybridized carbons (Fsp3) is 0.0909. The van der Waals surface area contributed by atoms with Gasteiger partial charge in [-0.05, 0) is 45.1 Å². The van der Waals surface area contributed by atoms with Crippen molar-refractivity contribution in [3.05, 3.63) is 50.6 Å². The maximum Gasteiger partial charge on any atom is 0.129 e. The highest BCUT2D eigenvalue weighted by molar-refractivity contribution is 9.10. The first kappa shape index (κ1) is 13.5. The Hall–Kier alpha value is -0.550. The summed E-state index contributed by atoms with van der Waals surface area (Å²) in [7, 11) is 0. The quantitative estimate of drug-likeness (QED) is 0.886. The van der Waals surface area contributed by atoms with Gasteiger partial charge in [0.1, 0.15) is 5.75 Å². The topological polar surface area (TPSA) is 46.2 Å². The molecular formula is C11H11BrClNOS. The Morgan fingerprint density at radius 2 is 2.06 bits per heavy atom. The van der Waals surface area contributed by atoms with Crippen molar-refractivity contribution in [2.24, 2.45) is 5.73 Å². The van der Waals surface area contributed by atoms with Gasteiger partial charge < -0.3 is 10.8 Å². The van der Waals surface area contributed by atoms with Crippen LogP contribution in [-0.2, 0) is 0 Å². The highest BCUT2D eigenvalue weighted by Gasteiger charge is 2.11. The Kier molecular flexibility index (Phi) is 4.80. The van der Waals surface area contributed by atoms with Gasteiger partial charge in [0, 0.05) is 4.88 Å². The van der Waals surface area contributed by atoms with Gasteiger partial charge in [-0.25, -0.2) is 0 Å². The molecule has 0 saturated carbocycles. The number of phenols is 1. The van der Waals surface area contributed by atoms with Crippen molar-refractivity contribution in [3.63, 3.8) is 0 Å². The van der Waals surface area contributed by atoms with Gasteiger partial charge in [0.2, 0.25) is 0 Å². The molecule has 0 unspecified atom stereocenters. The van der Waals surface area contributed by atoms with Gasteiger partial charge in [0.05, 0.1) is 10.5 Å². The van der Waals surface area contributed by atoms with Gasteiger partial charge in [-0.2, -0.15) is 0 Å². The van der Waals surface area contributed by atoms with Crippen molar-refractivity contribution in [1.82, 2.24) is 0 Å². The summed E-state index contributed by atoms with van der Waals surface area (Å²) in [6.45, 7) is 0. The van der Waals surface area contributed by atoms with Gasteiger partial charge >= 0.3 is 0 Å². The maximum atomic E-state index is 9.37. The summed E-state index contributed by atoms with van der Waals surface area (Å²) in [6.07, 6.45) is 0. The minimum absolute atomic E-state index is 0. The molecule has 0 fully saturated rings. The Morgan fingerprint density at radius 3 is 2.62 bits per heavy atom. The maximum absolute atomic E-state index is 9.37. The van der Waals surface area contributed by atoms with Crippen molar-refractivity contribution in [2.75, 3.05) is 0 Å². The van der Waals surface area contributed by atoms with E-state index >= 15 is 0 Å². The Balaban J connectivity index is 0.00000128. The zero-order valence-electron chi connectivity index (χ0n) is 8.26. The van der Waals surface area contributed by atoms with E-state index in [1.165, 1.54) is 0 Å². The summed E-state index contributed by atoms with van der Waals surface area (Å²) < 4.78 is 0.673. The van der Waals surface area contributed by atoms with Crippen LogP contribution in [0, 0.1) is 0 Å². The first-order chi connectivity index (χ1) is 7.18. The molecule has 0 aliphatic carbocycles. The van der Waals surface area contributed by atoms with Gasteiger partial charge in [-0.3, -0.25) is 0 Å². The Bertz CT molecular complexity index is 461. The molecule has 1 atom stereocenters. The molecule has 1 aromatic carbocycles. The smallest absolute Gasteiger partial charge is 0.129 e. The summed E-state index contributed by atoms with van der Waals surface area (Å²) in [4.78, 5) is 1.12. The number of halogens is 2. The standard InChI is InChI=1S/C11H10BrNOS.ClH/c12-8-6-7(3-4-9(8)14)11(13)10-2-1-5-15-10;/h1-6,11,14H,13H2;1H/t11-;/m1./s1. The van der Waals surface area contributed by atoms with Crippen molar-refractivity contribution < 1.29 is 5.11 Å². The van der Waals surface area contributed by atoms with Gasteiger partial charge in [-0.1, -0.05) is 12.1 Å². The van der Waals surface area contributed by atoms with Crippen LogP contribution < -0.4 is 5.73 Å². The molecule has 2 rings (SSSR count). The second-order valence-corrected chi connectivity index (χ2v) is 5.04. The van der Waals surface area contributed by atoms with Crippen LogP contribution in [0.25, 0.3) is 0 Å². The largest absolute Gasteiger partial charge is 0.507 e. The summed E-state index contributed by atoms with van der Waals surface area (Å²) >= 11 is 4.91. The van der Waals surface area contributed by atoms with Crippen LogP contribution >= 0.6 is 39.7 Å². The van der Waals surface area contributed by atoms with E-state index in [2.05, 4.69) is 15.9 Å². The molecule has 0 saturated heterocycles. The number of phenolic OH excluding ortho intramolecular Hbond substituents is 1. The number of nitrogens with two attached hydrogens (primary N) is 1. The lowest BCUT2D eigenvalue weighted by Crippen LogP contribution is -2.09. The number of aromatic hydroxyl groups is 1. The minimum Gasteiger partial charge on any atom is -0.507 e. The highest BCUT2D eigenvalue weighted by Crippen LogP contribution is 2.30. The fourth-order valence-electron chi connectivity index (χ4n) is 1.35. The molecule has 0 radical (unpaired) electrons. The van der Waals surface area contributed by atoms with Gasteiger partial charge in [0.15, 0.2) is 0 Å². The van der Waals surface area contributed by atoms with E-state index in [1.54, 1.807) is 17.4 Å². The first-order valence-electron chi connectivity index (χ1n) is 4.46. The molecule has 1 heterocycles. The van der Waals surface area contributed by atoms with E-state index in [9.17, 15) is 5.11 Å². The van der Waals surface area contributed by atoms with Gasteiger partial charge in [-0.15, -0.1) is 23.7 Å². The highest BCUT2D eigenvalue weighted by atomic mass is 79.9. The lowest BCUT2D eigenvalue weighted by atomic mass is 10.1. The van der Waals surface area contributed by atoms with Crippen LogP contribution in [0.1, 0.15) is 16.5 Å². The van der Waals surface area contributed by atoms with E-state index in [4.69, 9.17) is 5.73 Å². The molecule has 0 amide bonds. The van der Waals surface area contributed by atoms with E-state index in [0.717, 1.165) is 10.4 Å². The average molecular weight is 321 g/mol. The van der Waals surface area contributed by atoms with Crippen molar-refractivity contribution in [3.8, 4) is 5.75 Å². The zero-order valence-corrected chi connectivity index (χ0v) is 11.5. The Morgan fingerprint density at radius 1 is 1.31 bits per heavy atom. The molecule has 86 valence electrons. The molecule has 2 aromatic rings. The molecular weight excluding hydrogens is 310 g/mol. The van der Waals surface area contributed by atoms with Crippen LogP contribution in [0.4, 0.5) is 0 Å². The van der Waals surface area contributed by atoms with Crippen molar-refractivity contribution in [2.45, 2.75) is 6.04 Å². The van der Waals surface area contributed by atoms with E-state index < -0.39 is 0 Å². The predicted octanol–water partition coefficient (Wildman–Crippen LogP) is 3.69. The molecule has 5 heteroatoms. The molecule has 1 aromatic heterocycles. The lowest BCUT2D eigenvalue weighted by Gasteiger charge is -2.10. The van der Waals surface area contributed by atoms with Crippen LogP contribution in [0.3, 0.4) is 0 Å². The second-order valence-electron chi connectivity index (χ2n) is 3.20. The SMILES string of the molecule is Cl.N[C@H](c1ccc(O)c(Br)c1)c1cccs1. The third-order valence-corrected chi connectivity index (χ3v) is 3.77. The molecule has 0 spiro atoms. The van der Waals surface area contributed by atoms with E-state index in [-0.39, 0.29) is 24.2 Å². The van der Waals surface area contributed by atoms with Gasteiger partial charge in [0.25, 0.3) is 0 Å². The van der Waals surface area contributed by atoms with Crippen LogP contribution in [-0.4, -0.2) is 5.11 Å². The molecule has 2 nitrogen and oxygen atoms in total. The number of hydrogen-bond acceptors (Lipinski definition) is 3. The third kappa shape index (κ3) is 2.77. The molecule has 3 N–H and O–H groups in total. The third-order valence-electron chi connectivity index (χ3n) is 2.18. The minimum atomic E-state index is -0.123. The van der Waals surface area contributed by atoms with Crippen LogP contribution in [0.15, 0.2) is 40.2 Å². The number of hydrogen-bond donors (Lipinski definition) is 2. The Labute approximate surface area is 113 Å². The van der Waals surface area contributed by atoms with Crippen LogP contribution in [0.2, 0.25) is 0 Å². The van der Waals surface area contributed by atoms with Crippen molar-refractivity contribution >= 4 is 39.7 Å². The zero-order chi connectivity index (χ0) is 10.8. The molecule has 0 aliphatic heterocycles. The summed E-state index contributed by atoms with van der Waals surface area (Å²) in [5, 5.41) is 11.4. The first-order valence-corrected chi connectivity index (χ1v) is 6.13. The molecule has 16 heavy (non-hydrogen) atoms. The van der Waals surface area contributed by atoms with Crippen molar-refractivity contribution in [1.29, 1.82) is 0 Å². The number of thiophene rings is 1. The summed E-state index contributed by atoms with van der Waals surface area (Å²) in [5.74, 6) is 0.233. The average Bonchev–Trinajstić information content (AvgIpc) is 2.74. The van der Waals surface area contributed by atoms with E-state index in [1.807, 2.05) is 29.6 Å². The number of benzene rings is 1. The monoisotopic (exact) mass is 319 g/mol. The summed E-state index contributed by atoms with van der Waals surface area (Å²) in [6, 6.07) is 9.20. The molecule has 0 bridgehead atoms. The predicted molar refractivity (Wildman–Crippen MR) is 73.4 cm³/mol. The number of rotatable bonds is 2. The fourth-order valence-corrected chi connectivity index (χ4v) is 2.50.